The Hall–Kier alpha value is -2.96. The third kappa shape index (κ3) is 3.51. The van der Waals surface area contributed by atoms with E-state index in [1.807, 2.05) is 6.92 Å². The van der Waals surface area contributed by atoms with Gasteiger partial charge in [-0.2, -0.15) is 5.10 Å². The molecule has 0 aliphatic carbocycles. The minimum Gasteiger partial charge on any atom is -0.352 e. The second kappa shape index (κ2) is 7.08. The molecule has 0 spiro atoms. The first-order valence-corrected chi connectivity index (χ1v) is 7.59. The zero-order valence-electron chi connectivity index (χ0n) is 14.1. The number of anilines is 1. The van der Waals surface area contributed by atoms with Gasteiger partial charge < -0.3 is 10.6 Å². The second-order valence-corrected chi connectivity index (χ2v) is 5.39. The predicted octanol–water partition coefficient (Wildman–Crippen LogP) is 1.61. The molecule has 0 atom stereocenters. The Morgan fingerprint density at radius 3 is 2.50 bits per heavy atom. The fraction of sp³-hybridized carbons (Fsp3) is 0.294. The van der Waals surface area contributed by atoms with E-state index >= 15 is 0 Å². The molecule has 0 fully saturated rings. The summed E-state index contributed by atoms with van der Waals surface area (Å²) < 4.78 is 1.56. The number of benzene rings is 1. The highest BCUT2D eigenvalue weighted by Gasteiger charge is 2.24. The number of ketones is 1. The van der Waals surface area contributed by atoms with Gasteiger partial charge >= 0.3 is 0 Å². The van der Waals surface area contributed by atoms with Crippen LogP contribution in [0.4, 0.5) is 5.69 Å². The summed E-state index contributed by atoms with van der Waals surface area (Å²) in [5.74, 6) is -1.65. The van der Waals surface area contributed by atoms with E-state index in [0.717, 1.165) is 0 Å². The summed E-state index contributed by atoms with van der Waals surface area (Å²) in [7, 11) is 1.72. The molecule has 1 heterocycles. The number of nitrogens with one attached hydrogen (secondary N) is 2. The Bertz CT molecular complexity index is 808. The van der Waals surface area contributed by atoms with E-state index in [4.69, 9.17) is 0 Å². The lowest BCUT2D eigenvalue weighted by Gasteiger charge is -2.07. The maximum Gasteiger partial charge on any atom is 0.296 e. The molecule has 0 saturated heterocycles. The van der Waals surface area contributed by atoms with Crippen molar-refractivity contribution < 1.29 is 14.4 Å². The van der Waals surface area contributed by atoms with Crippen LogP contribution in [0.5, 0.6) is 0 Å². The van der Waals surface area contributed by atoms with Crippen molar-refractivity contribution in [1.82, 2.24) is 15.1 Å². The topological polar surface area (TPSA) is 93.1 Å². The van der Waals surface area contributed by atoms with Gasteiger partial charge in [-0.15, -0.1) is 0 Å². The molecule has 0 aliphatic rings. The molecule has 0 unspecified atom stereocenters. The zero-order valence-corrected chi connectivity index (χ0v) is 14.1. The summed E-state index contributed by atoms with van der Waals surface area (Å²) >= 11 is 0. The minimum atomic E-state index is -0.762. The standard InChI is InChI=1S/C17H20N4O3/c1-5-18-16(23)12-7-6-8-13(9-12)19-17(24)15(22)14-10(2)20-21(4)11(14)3/h6-9H,5H2,1-4H3,(H,18,23)(H,19,24). The molecule has 2 aromatic rings. The van der Waals surface area contributed by atoms with Crippen molar-refractivity contribution in [3.8, 4) is 0 Å². The van der Waals surface area contributed by atoms with Crippen LogP contribution in [0.1, 0.15) is 39.0 Å². The summed E-state index contributed by atoms with van der Waals surface area (Å²) in [5.41, 5.74) is 2.23. The molecule has 2 rings (SSSR count). The number of aryl methyl sites for hydroxylation is 2. The summed E-state index contributed by atoms with van der Waals surface area (Å²) in [6.45, 7) is 5.74. The Morgan fingerprint density at radius 2 is 1.92 bits per heavy atom. The van der Waals surface area contributed by atoms with E-state index in [-0.39, 0.29) is 5.91 Å². The van der Waals surface area contributed by atoms with Gasteiger partial charge in [-0.25, -0.2) is 0 Å². The molecule has 0 aliphatic heterocycles. The number of amides is 2. The average Bonchev–Trinajstić information content (AvgIpc) is 2.79. The lowest BCUT2D eigenvalue weighted by Crippen LogP contribution is -2.25. The first-order valence-electron chi connectivity index (χ1n) is 7.59. The van der Waals surface area contributed by atoms with Gasteiger partial charge in [-0.05, 0) is 39.0 Å². The molecule has 0 bridgehead atoms. The summed E-state index contributed by atoms with van der Waals surface area (Å²) in [5, 5.41) is 9.36. The fourth-order valence-corrected chi connectivity index (χ4v) is 2.40. The van der Waals surface area contributed by atoms with Crippen molar-refractivity contribution in [2.24, 2.45) is 7.05 Å². The van der Waals surface area contributed by atoms with Crippen molar-refractivity contribution in [3.63, 3.8) is 0 Å². The second-order valence-electron chi connectivity index (χ2n) is 5.39. The van der Waals surface area contributed by atoms with Crippen molar-refractivity contribution in [2.45, 2.75) is 20.8 Å². The van der Waals surface area contributed by atoms with E-state index in [0.29, 0.717) is 34.7 Å². The fourth-order valence-electron chi connectivity index (χ4n) is 2.40. The van der Waals surface area contributed by atoms with Gasteiger partial charge in [-0.3, -0.25) is 19.1 Å². The third-order valence-electron chi connectivity index (χ3n) is 3.66. The molecule has 24 heavy (non-hydrogen) atoms. The summed E-state index contributed by atoms with van der Waals surface area (Å²) in [6.07, 6.45) is 0. The number of hydrogen-bond acceptors (Lipinski definition) is 4. The normalized spacial score (nSPS) is 10.3. The molecule has 1 aromatic heterocycles. The smallest absolute Gasteiger partial charge is 0.296 e. The third-order valence-corrected chi connectivity index (χ3v) is 3.66. The molecule has 1 aromatic carbocycles. The Labute approximate surface area is 140 Å². The average molecular weight is 328 g/mol. The number of rotatable bonds is 5. The largest absolute Gasteiger partial charge is 0.352 e. The highest BCUT2D eigenvalue weighted by molar-refractivity contribution is 6.47. The van der Waals surface area contributed by atoms with Crippen molar-refractivity contribution >= 4 is 23.3 Å². The summed E-state index contributed by atoms with van der Waals surface area (Å²) in [6, 6.07) is 6.43. The van der Waals surface area contributed by atoms with E-state index in [2.05, 4.69) is 15.7 Å². The van der Waals surface area contributed by atoms with Crippen molar-refractivity contribution in [1.29, 1.82) is 0 Å². The van der Waals surface area contributed by atoms with E-state index in [1.54, 1.807) is 43.8 Å². The van der Waals surface area contributed by atoms with Gasteiger partial charge in [0.2, 0.25) is 0 Å². The van der Waals surface area contributed by atoms with E-state index in [9.17, 15) is 14.4 Å². The predicted molar refractivity (Wildman–Crippen MR) is 90.1 cm³/mol. The van der Waals surface area contributed by atoms with Crippen LogP contribution < -0.4 is 10.6 Å². The van der Waals surface area contributed by atoms with Crippen LogP contribution in [-0.4, -0.2) is 33.9 Å². The Kier molecular flexibility index (Phi) is 5.13. The van der Waals surface area contributed by atoms with Crippen LogP contribution in [0.2, 0.25) is 0 Å². The molecule has 7 heteroatoms. The molecule has 0 radical (unpaired) electrons. The van der Waals surface area contributed by atoms with Crippen LogP contribution in [0.15, 0.2) is 24.3 Å². The number of carbonyl (C=O) groups is 3. The Morgan fingerprint density at radius 1 is 1.21 bits per heavy atom. The van der Waals surface area contributed by atoms with Crippen LogP contribution in [0.3, 0.4) is 0 Å². The number of carbonyl (C=O) groups excluding carboxylic acids is 3. The van der Waals surface area contributed by atoms with E-state index in [1.165, 1.54) is 6.07 Å². The SMILES string of the molecule is CCNC(=O)c1cccc(NC(=O)C(=O)c2c(C)nn(C)c2C)c1. The number of nitrogens with zero attached hydrogens (tertiary/aromatic N) is 2. The monoisotopic (exact) mass is 328 g/mol. The maximum absolute atomic E-state index is 12.4. The lowest BCUT2D eigenvalue weighted by atomic mass is 10.1. The van der Waals surface area contributed by atoms with Crippen LogP contribution in [0, 0.1) is 13.8 Å². The molecular weight excluding hydrogens is 308 g/mol. The van der Waals surface area contributed by atoms with Crippen LogP contribution in [0.25, 0.3) is 0 Å². The highest BCUT2D eigenvalue weighted by Crippen LogP contribution is 2.15. The maximum atomic E-state index is 12.4. The minimum absolute atomic E-state index is 0.237. The van der Waals surface area contributed by atoms with Gasteiger partial charge in [0.05, 0.1) is 11.3 Å². The summed E-state index contributed by atoms with van der Waals surface area (Å²) in [4.78, 5) is 36.4. The van der Waals surface area contributed by atoms with Gasteiger partial charge in [0, 0.05) is 30.5 Å². The molecule has 0 saturated carbocycles. The number of Topliss-reactive ketones (excluding diaryl/α,β-unsaturated/α-hetero) is 1. The first-order chi connectivity index (χ1) is 11.3. The van der Waals surface area contributed by atoms with E-state index < -0.39 is 11.7 Å². The van der Waals surface area contributed by atoms with Crippen molar-refractivity contribution in [3.05, 3.63) is 46.8 Å². The van der Waals surface area contributed by atoms with Crippen molar-refractivity contribution in [2.75, 3.05) is 11.9 Å². The van der Waals surface area contributed by atoms with Gasteiger partial charge in [-0.1, -0.05) is 6.07 Å². The molecule has 2 N–H and O–H groups in total. The van der Waals surface area contributed by atoms with Crippen LogP contribution >= 0.6 is 0 Å². The molecular formula is C17H20N4O3. The number of aromatic nitrogens is 2. The molecule has 126 valence electrons. The van der Waals surface area contributed by atoms with Gasteiger partial charge in [0.15, 0.2) is 0 Å². The van der Waals surface area contributed by atoms with Crippen LogP contribution in [-0.2, 0) is 11.8 Å². The van der Waals surface area contributed by atoms with Gasteiger partial charge in [0.1, 0.15) is 0 Å². The quantitative estimate of drug-likeness (QED) is 0.644. The van der Waals surface area contributed by atoms with Gasteiger partial charge in [0.25, 0.3) is 17.6 Å². The zero-order chi connectivity index (χ0) is 17.9. The molecule has 2 amide bonds. The first kappa shape index (κ1) is 17.4. The molecule has 7 nitrogen and oxygen atoms in total. The Balaban J connectivity index is 2.19. The highest BCUT2D eigenvalue weighted by atomic mass is 16.2. The lowest BCUT2D eigenvalue weighted by molar-refractivity contribution is -0.112. The number of hydrogen-bond donors (Lipinski definition) is 2.